The fourth-order valence-corrected chi connectivity index (χ4v) is 3.47. The first-order valence-electron chi connectivity index (χ1n) is 11.5. The van der Waals surface area contributed by atoms with Crippen LogP contribution in [0.15, 0.2) is 95.4 Å². The Morgan fingerprint density at radius 2 is 1.77 bits per heavy atom. The molecule has 1 heterocycles. The molecule has 4 rings (SSSR count). The van der Waals surface area contributed by atoms with Crippen LogP contribution in [-0.4, -0.2) is 24.3 Å². The van der Waals surface area contributed by atoms with Gasteiger partial charge in [-0.15, -0.1) is 0 Å². The van der Waals surface area contributed by atoms with Crippen LogP contribution in [-0.2, 0) is 17.7 Å². The Bertz CT molecular complexity index is 1250. The molecule has 35 heavy (non-hydrogen) atoms. The number of oxazole rings is 1. The van der Waals surface area contributed by atoms with Crippen LogP contribution in [0.3, 0.4) is 0 Å². The number of carbonyl (C=O) groups excluding carboxylic acids is 1. The molecule has 0 saturated carbocycles. The molecule has 1 aromatic heterocycles. The number of rotatable bonds is 10. The summed E-state index contributed by atoms with van der Waals surface area (Å²) in [7, 11) is 0. The standard InChI is InChI=1S/C29H28N2O4/c1-22-27(31-28(35-22)25-14-6-3-7-15-25)17-19-33-26-16-8-12-24(20-26)21-30-29(32)34-18-9-13-23-10-4-2-5-11-23/h2-16,20H,17-19,21H2,1H3,(H,30,32)/b13-9-. The maximum Gasteiger partial charge on any atom is 0.407 e. The van der Waals surface area contributed by atoms with Crippen molar-refractivity contribution in [2.45, 2.75) is 19.9 Å². The van der Waals surface area contributed by atoms with Gasteiger partial charge in [-0.05, 0) is 48.4 Å². The number of benzene rings is 3. The molecule has 0 aliphatic carbocycles. The number of ether oxygens (including phenoxy) is 2. The van der Waals surface area contributed by atoms with E-state index in [9.17, 15) is 4.79 Å². The van der Waals surface area contributed by atoms with Crippen molar-refractivity contribution < 1.29 is 18.7 Å². The molecule has 0 aliphatic heterocycles. The van der Waals surface area contributed by atoms with Gasteiger partial charge in [0.15, 0.2) is 0 Å². The Kier molecular flexibility index (Phi) is 8.32. The lowest BCUT2D eigenvalue weighted by Crippen LogP contribution is -2.23. The summed E-state index contributed by atoms with van der Waals surface area (Å²) in [6.45, 7) is 2.93. The molecule has 1 N–H and O–H groups in total. The molecule has 0 radical (unpaired) electrons. The predicted octanol–water partition coefficient (Wildman–Crippen LogP) is 6.21. The number of aryl methyl sites for hydroxylation is 1. The zero-order chi connectivity index (χ0) is 24.3. The van der Waals surface area contributed by atoms with E-state index in [1.807, 2.05) is 104 Å². The molecule has 0 spiro atoms. The highest BCUT2D eigenvalue weighted by molar-refractivity contribution is 5.67. The second kappa shape index (κ2) is 12.2. The lowest BCUT2D eigenvalue weighted by molar-refractivity contribution is 0.158. The highest BCUT2D eigenvalue weighted by Crippen LogP contribution is 2.22. The van der Waals surface area contributed by atoms with E-state index in [1.54, 1.807) is 0 Å². The van der Waals surface area contributed by atoms with Crippen LogP contribution in [0.2, 0.25) is 0 Å². The maximum absolute atomic E-state index is 12.0. The Morgan fingerprint density at radius 1 is 1.00 bits per heavy atom. The lowest BCUT2D eigenvalue weighted by Gasteiger charge is -2.09. The summed E-state index contributed by atoms with van der Waals surface area (Å²) in [4.78, 5) is 16.6. The molecular weight excluding hydrogens is 440 g/mol. The van der Waals surface area contributed by atoms with Gasteiger partial charge in [0.2, 0.25) is 5.89 Å². The zero-order valence-electron chi connectivity index (χ0n) is 19.6. The number of hydrogen-bond donors (Lipinski definition) is 1. The molecule has 4 aromatic rings. The van der Waals surface area contributed by atoms with Crippen LogP contribution in [0.4, 0.5) is 4.79 Å². The summed E-state index contributed by atoms with van der Waals surface area (Å²) in [5.41, 5.74) is 3.81. The highest BCUT2D eigenvalue weighted by Gasteiger charge is 2.11. The van der Waals surface area contributed by atoms with Gasteiger partial charge < -0.3 is 19.2 Å². The highest BCUT2D eigenvalue weighted by atomic mass is 16.5. The molecular formula is C29H28N2O4. The monoisotopic (exact) mass is 468 g/mol. The Balaban J connectivity index is 1.20. The fraction of sp³-hybridized carbons (Fsp3) is 0.172. The molecule has 0 aliphatic rings. The molecule has 0 bridgehead atoms. The maximum atomic E-state index is 12.0. The smallest absolute Gasteiger partial charge is 0.407 e. The third-order valence-corrected chi connectivity index (χ3v) is 5.28. The molecule has 0 fully saturated rings. The molecule has 0 unspecified atom stereocenters. The lowest BCUT2D eigenvalue weighted by atomic mass is 10.2. The van der Waals surface area contributed by atoms with Crippen LogP contribution in [0, 0.1) is 6.92 Å². The van der Waals surface area contributed by atoms with Gasteiger partial charge in [-0.2, -0.15) is 0 Å². The van der Waals surface area contributed by atoms with Crippen molar-refractivity contribution in [1.29, 1.82) is 0 Å². The van der Waals surface area contributed by atoms with Gasteiger partial charge in [0, 0.05) is 18.5 Å². The normalized spacial score (nSPS) is 10.9. The third-order valence-electron chi connectivity index (χ3n) is 5.28. The summed E-state index contributed by atoms with van der Waals surface area (Å²) < 4.78 is 16.9. The van der Waals surface area contributed by atoms with E-state index >= 15 is 0 Å². The Labute approximate surface area is 205 Å². The number of alkyl carbamates (subject to hydrolysis) is 1. The number of carbonyl (C=O) groups is 1. The van der Waals surface area contributed by atoms with Crippen molar-refractivity contribution in [2.75, 3.05) is 13.2 Å². The van der Waals surface area contributed by atoms with Gasteiger partial charge >= 0.3 is 6.09 Å². The van der Waals surface area contributed by atoms with Crippen molar-refractivity contribution in [3.8, 4) is 17.2 Å². The second-order valence-electron chi connectivity index (χ2n) is 7.90. The van der Waals surface area contributed by atoms with Crippen molar-refractivity contribution in [3.05, 3.63) is 114 Å². The summed E-state index contributed by atoms with van der Waals surface area (Å²) in [5, 5.41) is 2.76. The summed E-state index contributed by atoms with van der Waals surface area (Å²) >= 11 is 0. The fourth-order valence-electron chi connectivity index (χ4n) is 3.47. The summed E-state index contributed by atoms with van der Waals surface area (Å²) in [5.74, 6) is 2.14. The number of nitrogens with zero attached hydrogens (tertiary/aromatic N) is 1. The molecule has 1 amide bonds. The molecule has 0 atom stereocenters. The minimum Gasteiger partial charge on any atom is -0.493 e. The molecule has 3 aromatic carbocycles. The van der Waals surface area contributed by atoms with Crippen molar-refractivity contribution in [1.82, 2.24) is 10.3 Å². The van der Waals surface area contributed by atoms with Crippen molar-refractivity contribution in [3.63, 3.8) is 0 Å². The van der Waals surface area contributed by atoms with Gasteiger partial charge in [-0.3, -0.25) is 0 Å². The summed E-state index contributed by atoms with van der Waals surface area (Å²) in [6.07, 6.45) is 3.89. The van der Waals surface area contributed by atoms with E-state index in [2.05, 4.69) is 10.3 Å². The van der Waals surface area contributed by atoms with E-state index in [0.717, 1.165) is 33.9 Å². The minimum absolute atomic E-state index is 0.206. The van der Waals surface area contributed by atoms with E-state index in [-0.39, 0.29) is 6.61 Å². The van der Waals surface area contributed by atoms with Gasteiger partial charge in [-0.1, -0.05) is 66.7 Å². The van der Waals surface area contributed by atoms with Gasteiger partial charge in [-0.25, -0.2) is 9.78 Å². The first-order chi connectivity index (χ1) is 17.2. The van der Waals surface area contributed by atoms with E-state index in [4.69, 9.17) is 13.9 Å². The first-order valence-corrected chi connectivity index (χ1v) is 11.5. The minimum atomic E-state index is -0.468. The quantitative estimate of drug-likeness (QED) is 0.299. The van der Waals surface area contributed by atoms with Crippen LogP contribution in [0.25, 0.3) is 17.5 Å². The van der Waals surface area contributed by atoms with Crippen LogP contribution < -0.4 is 10.1 Å². The largest absolute Gasteiger partial charge is 0.493 e. The van der Waals surface area contributed by atoms with E-state index in [0.29, 0.717) is 25.5 Å². The topological polar surface area (TPSA) is 73.6 Å². The summed E-state index contributed by atoms with van der Waals surface area (Å²) in [6, 6.07) is 27.3. The first kappa shape index (κ1) is 23.8. The van der Waals surface area contributed by atoms with Gasteiger partial charge in [0.25, 0.3) is 0 Å². The number of nitrogens with one attached hydrogen (secondary N) is 1. The van der Waals surface area contributed by atoms with Crippen molar-refractivity contribution in [2.24, 2.45) is 0 Å². The molecule has 6 nitrogen and oxygen atoms in total. The van der Waals surface area contributed by atoms with Gasteiger partial charge in [0.05, 0.1) is 12.3 Å². The number of amides is 1. The SMILES string of the molecule is Cc1oc(-c2ccccc2)nc1CCOc1cccc(CNC(=O)OC/C=C\c2ccccc2)c1. The third kappa shape index (κ3) is 7.33. The van der Waals surface area contributed by atoms with Crippen molar-refractivity contribution >= 4 is 12.2 Å². The zero-order valence-corrected chi connectivity index (χ0v) is 19.6. The predicted molar refractivity (Wildman–Crippen MR) is 136 cm³/mol. The number of aromatic nitrogens is 1. The van der Waals surface area contributed by atoms with E-state index in [1.165, 1.54) is 0 Å². The van der Waals surface area contributed by atoms with E-state index < -0.39 is 6.09 Å². The van der Waals surface area contributed by atoms with Crippen LogP contribution >= 0.6 is 0 Å². The average molecular weight is 469 g/mol. The van der Waals surface area contributed by atoms with Crippen LogP contribution in [0.1, 0.15) is 22.6 Å². The molecule has 178 valence electrons. The average Bonchev–Trinajstić information content (AvgIpc) is 3.27. The Hall–Kier alpha value is -4.32. The second-order valence-corrected chi connectivity index (χ2v) is 7.90. The van der Waals surface area contributed by atoms with Gasteiger partial charge in [0.1, 0.15) is 18.1 Å². The van der Waals surface area contributed by atoms with Crippen LogP contribution in [0.5, 0.6) is 5.75 Å². The molecule has 0 saturated heterocycles. The molecule has 6 heteroatoms. The number of hydrogen-bond acceptors (Lipinski definition) is 5. The Morgan fingerprint density at radius 3 is 2.57 bits per heavy atom.